The molecule has 0 spiro atoms. The Morgan fingerprint density at radius 3 is 2.50 bits per heavy atom. The summed E-state index contributed by atoms with van der Waals surface area (Å²) >= 11 is 0. The first-order chi connectivity index (χ1) is 6.35. The van der Waals surface area contributed by atoms with Crippen LogP contribution in [0.25, 0.3) is 0 Å². The molecule has 0 aromatic heterocycles. The van der Waals surface area contributed by atoms with Crippen LogP contribution in [0.1, 0.15) is 26.2 Å². The molecule has 0 aliphatic heterocycles. The van der Waals surface area contributed by atoms with E-state index in [-0.39, 0.29) is 6.42 Å². The largest absolute Gasteiger partial charge is 0.456 e. The van der Waals surface area contributed by atoms with E-state index in [0.717, 1.165) is 0 Å². The van der Waals surface area contributed by atoms with Crippen LogP contribution in [0.5, 0.6) is 0 Å². The Hall–Kier alpha value is -0.780. The molecular formula is C8H13F3O3. The molecule has 0 unspecified atom stereocenters. The molecule has 0 amide bonds. The Bertz CT molecular complexity index is 179. The van der Waals surface area contributed by atoms with Gasteiger partial charge in [-0.05, 0) is 6.42 Å². The normalized spacial score (nSPS) is 13.8. The number of aliphatic hydroxyl groups excluding tert-OH is 1. The summed E-state index contributed by atoms with van der Waals surface area (Å²) in [6, 6.07) is 0. The number of alkyl halides is 3. The van der Waals surface area contributed by atoms with Crippen LogP contribution in [-0.4, -0.2) is 30.0 Å². The SMILES string of the molecule is CCC[C@H](O)CC(=O)OCC(F)(F)F. The summed E-state index contributed by atoms with van der Waals surface area (Å²) in [4.78, 5) is 10.7. The maximum atomic E-state index is 11.6. The van der Waals surface area contributed by atoms with Crippen molar-refractivity contribution in [3.63, 3.8) is 0 Å². The van der Waals surface area contributed by atoms with Gasteiger partial charge in [-0.3, -0.25) is 4.79 Å². The van der Waals surface area contributed by atoms with Crippen LogP contribution in [0, 0.1) is 0 Å². The monoisotopic (exact) mass is 214 g/mol. The molecule has 0 saturated carbocycles. The van der Waals surface area contributed by atoms with E-state index >= 15 is 0 Å². The second kappa shape index (κ2) is 5.85. The van der Waals surface area contributed by atoms with Crippen molar-refractivity contribution in [3.05, 3.63) is 0 Å². The van der Waals surface area contributed by atoms with Crippen LogP contribution in [0.4, 0.5) is 13.2 Å². The summed E-state index contributed by atoms with van der Waals surface area (Å²) in [5.74, 6) is -1.02. The van der Waals surface area contributed by atoms with Gasteiger partial charge in [0.1, 0.15) is 0 Å². The molecule has 1 N–H and O–H groups in total. The molecule has 0 aromatic rings. The fourth-order valence-electron chi connectivity index (χ4n) is 0.849. The maximum Gasteiger partial charge on any atom is 0.422 e. The van der Waals surface area contributed by atoms with Gasteiger partial charge >= 0.3 is 12.1 Å². The average Bonchev–Trinajstić information content (AvgIpc) is 2.00. The molecule has 84 valence electrons. The standard InChI is InChI=1S/C8H13F3O3/c1-2-3-6(12)4-7(13)14-5-8(9,10)11/h6,12H,2-5H2,1H3/t6-/m0/s1. The van der Waals surface area contributed by atoms with Crippen LogP contribution in [0.15, 0.2) is 0 Å². The van der Waals surface area contributed by atoms with Gasteiger partial charge in [0.2, 0.25) is 0 Å². The minimum Gasteiger partial charge on any atom is -0.456 e. The first kappa shape index (κ1) is 13.2. The number of hydrogen-bond donors (Lipinski definition) is 1. The van der Waals surface area contributed by atoms with Gasteiger partial charge in [0.05, 0.1) is 12.5 Å². The lowest BCUT2D eigenvalue weighted by atomic mass is 10.1. The smallest absolute Gasteiger partial charge is 0.422 e. The third-order valence-electron chi connectivity index (χ3n) is 1.42. The number of carbonyl (C=O) groups is 1. The molecule has 0 heterocycles. The average molecular weight is 214 g/mol. The zero-order chi connectivity index (χ0) is 11.2. The molecule has 0 fully saturated rings. The van der Waals surface area contributed by atoms with Crippen LogP contribution in [0.2, 0.25) is 0 Å². The Kier molecular flexibility index (Phi) is 5.52. The predicted octanol–water partition coefficient (Wildman–Crippen LogP) is 1.64. The molecule has 0 bridgehead atoms. The molecule has 0 radical (unpaired) electrons. The minimum atomic E-state index is -4.51. The van der Waals surface area contributed by atoms with Gasteiger partial charge < -0.3 is 9.84 Å². The number of hydrogen-bond acceptors (Lipinski definition) is 3. The summed E-state index contributed by atoms with van der Waals surface area (Å²) in [5.41, 5.74) is 0. The lowest BCUT2D eigenvalue weighted by molar-refractivity contribution is -0.187. The molecule has 14 heavy (non-hydrogen) atoms. The number of carbonyl (C=O) groups excluding carboxylic acids is 1. The summed E-state index contributed by atoms with van der Waals surface area (Å²) in [7, 11) is 0. The molecule has 3 nitrogen and oxygen atoms in total. The number of esters is 1. The molecule has 1 atom stereocenters. The number of rotatable bonds is 5. The highest BCUT2D eigenvalue weighted by Crippen LogP contribution is 2.15. The van der Waals surface area contributed by atoms with Crippen molar-refractivity contribution >= 4 is 5.97 Å². The zero-order valence-electron chi connectivity index (χ0n) is 7.80. The fourth-order valence-corrected chi connectivity index (χ4v) is 0.849. The molecule has 6 heteroatoms. The van der Waals surface area contributed by atoms with Crippen molar-refractivity contribution in [1.29, 1.82) is 0 Å². The Morgan fingerprint density at radius 1 is 1.50 bits per heavy atom. The lowest BCUT2D eigenvalue weighted by Crippen LogP contribution is -2.23. The fraction of sp³-hybridized carbons (Fsp3) is 0.875. The van der Waals surface area contributed by atoms with Gasteiger partial charge in [0.15, 0.2) is 6.61 Å². The van der Waals surface area contributed by atoms with Gasteiger partial charge in [-0.1, -0.05) is 13.3 Å². The molecule has 0 aliphatic rings. The van der Waals surface area contributed by atoms with E-state index in [9.17, 15) is 18.0 Å². The van der Waals surface area contributed by atoms with Crippen LogP contribution in [-0.2, 0) is 9.53 Å². The predicted molar refractivity (Wildman–Crippen MR) is 42.5 cm³/mol. The van der Waals surface area contributed by atoms with Crippen LogP contribution < -0.4 is 0 Å². The molecule has 0 aliphatic carbocycles. The lowest BCUT2D eigenvalue weighted by Gasteiger charge is -2.10. The highest BCUT2D eigenvalue weighted by Gasteiger charge is 2.29. The highest BCUT2D eigenvalue weighted by molar-refractivity contribution is 5.69. The van der Waals surface area contributed by atoms with Crippen molar-refractivity contribution < 1.29 is 27.8 Å². The van der Waals surface area contributed by atoms with Crippen molar-refractivity contribution in [2.45, 2.75) is 38.5 Å². The first-order valence-electron chi connectivity index (χ1n) is 4.25. The van der Waals surface area contributed by atoms with E-state index in [1.807, 2.05) is 0 Å². The Morgan fingerprint density at radius 2 is 2.07 bits per heavy atom. The van der Waals surface area contributed by atoms with Gasteiger partial charge in [0.25, 0.3) is 0 Å². The highest BCUT2D eigenvalue weighted by atomic mass is 19.4. The van der Waals surface area contributed by atoms with Crippen molar-refractivity contribution in [1.82, 2.24) is 0 Å². The van der Waals surface area contributed by atoms with Crippen molar-refractivity contribution in [2.24, 2.45) is 0 Å². The van der Waals surface area contributed by atoms with E-state index in [1.54, 1.807) is 6.92 Å². The van der Waals surface area contributed by atoms with Crippen LogP contribution in [0.3, 0.4) is 0 Å². The van der Waals surface area contributed by atoms with Gasteiger partial charge in [-0.2, -0.15) is 13.2 Å². The Labute approximate surface area is 79.9 Å². The molecular weight excluding hydrogens is 201 g/mol. The number of ether oxygens (including phenoxy) is 1. The van der Waals surface area contributed by atoms with Gasteiger partial charge in [-0.15, -0.1) is 0 Å². The number of halogens is 3. The van der Waals surface area contributed by atoms with Gasteiger partial charge in [0, 0.05) is 0 Å². The topological polar surface area (TPSA) is 46.5 Å². The van der Waals surface area contributed by atoms with Crippen molar-refractivity contribution in [2.75, 3.05) is 6.61 Å². The molecule has 0 rings (SSSR count). The van der Waals surface area contributed by atoms with E-state index in [4.69, 9.17) is 5.11 Å². The quantitative estimate of drug-likeness (QED) is 0.708. The number of aliphatic hydroxyl groups is 1. The van der Waals surface area contributed by atoms with Crippen LogP contribution >= 0.6 is 0 Å². The molecule has 0 aromatic carbocycles. The van der Waals surface area contributed by atoms with E-state index in [0.29, 0.717) is 12.8 Å². The second-order valence-electron chi connectivity index (χ2n) is 2.92. The second-order valence-corrected chi connectivity index (χ2v) is 2.92. The third kappa shape index (κ3) is 7.85. The van der Waals surface area contributed by atoms with E-state index < -0.39 is 24.9 Å². The third-order valence-corrected chi connectivity index (χ3v) is 1.42. The van der Waals surface area contributed by atoms with Crippen molar-refractivity contribution in [3.8, 4) is 0 Å². The summed E-state index contributed by atoms with van der Waals surface area (Å²) in [5, 5.41) is 9.07. The maximum absolute atomic E-state index is 11.6. The summed E-state index contributed by atoms with van der Waals surface area (Å²) in [6.07, 6.45) is -4.77. The molecule has 0 saturated heterocycles. The van der Waals surface area contributed by atoms with Gasteiger partial charge in [-0.25, -0.2) is 0 Å². The van der Waals surface area contributed by atoms with E-state index in [2.05, 4.69) is 4.74 Å². The first-order valence-corrected chi connectivity index (χ1v) is 4.25. The minimum absolute atomic E-state index is 0.376. The summed E-state index contributed by atoms with van der Waals surface area (Å²) < 4.78 is 38.6. The summed E-state index contributed by atoms with van der Waals surface area (Å²) in [6.45, 7) is 0.203. The zero-order valence-corrected chi connectivity index (χ0v) is 7.80. The van der Waals surface area contributed by atoms with E-state index in [1.165, 1.54) is 0 Å². The Balaban J connectivity index is 3.65.